The molecule has 3 rings (SSSR count). The monoisotopic (exact) mass is 258 g/mol. The predicted molar refractivity (Wildman–Crippen MR) is 73.6 cm³/mol. The van der Waals surface area contributed by atoms with E-state index in [2.05, 4.69) is 21.6 Å². The smallest absolute Gasteiger partial charge is 0.247 e. The fraction of sp³-hybridized carbons (Fsp3) is 0.429. The Kier molecular flexibility index (Phi) is 3.46. The fourth-order valence-electron chi connectivity index (χ4n) is 2.54. The summed E-state index contributed by atoms with van der Waals surface area (Å²) in [5.74, 6) is 0.550. The molecule has 0 spiro atoms. The van der Waals surface area contributed by atoms with E-state index in [4.69, 9.17) is 10.2 Å². The molecular formula is C14H18N4O. The Morgan fingerprint density at radius 1 is 1.21 bits per heavy atom. The van der Waals surface area contributed by atoms with Crippen LogP contribution in [-0.2, 0) is 0 Å². The topological polar surface area (TPSA) is 77.0 Å². The molecule has 1 fully saturated rings. The van der Waals surface area contributed by atoms with Crippen LogP contribution in [0, 0.1) is 0 Å². The number of nitrogens with zero attached hydrogens (tertiary/aromatic N) is 2. The van der Waals surface area contributed by atoms with Crippen molar-refractivity contribution in [3.8, 4) is 11.5 Å². The third kappa shape index (κ3) is 2.93. The van der Waals surface area contributed by atoms with Crippen LogP contribution in [0.15, 0.2) is 35.1 Å². The van der Waals surface area contributed by atoms with E-state index in [1.807, 2.05) is 18.2 Å². The molecule has 1 aromatic heterocycles. The van der Waals surface area contributed by atoms with Crippen LogP contribution in [-0.4, -0.2) is 22.3 Å². The van der Waals surface area contributed by atoms with Gasteiger partial charge >= 0.3 is 0 Å². The van der Waals surface area contributed by atoms with Crippen molar-refractivity contribution < 1.29 is 4.42 Å². The molecule has 1 aliphatic rings. The Labute approximate surface area is 112 Å². The summed E-state index contributed by atoms with van der Waals surface area (Å²) in [6, 6.07) is 8.96. The first-order valence-corrected chi connectivity index (χ1v) is 6.70. The Bertz CT molecular complexity index is 518. The third-order valence-electron chi connectivity index (χ3n) is 3.61. The number of benzene rings is 1. The molecule has 0 saturated heterocycles. The maximum Gasteiger partial charge on any atom is 0.247 e. The van der Waals surface area contributed by atoms with Crippen LogP contribution in [0.3, 0.4) is 0 Å². The third-order valence-corrected chi connectivity index (χ3v) is 3.61. The molecule has 0 atom stereocenters. The van der Waals surface area contributed by atoms with Crippen LogP contribution in [0.5, 0.6) is 0 Å². The lowest BCUT2D eigenvalue weighted by atomic mass is 9.91. The first kappa shape index (κ1) is 12.2. The highest BCUT2D eigenvalue weighted by atomic mass is 16.4. The molecule has 0 amide bonds. The number of anilines is 1. The van der Waals surface area contributed by atoms with E-state index in [1.165, 1.54) is 6.39 Å². The Morgan fingerprint density at radius 2 is 2.05 bits per heavy atom. The molecule has 0 aliphatic heterocycles. The van der Waals surface area contributed by atoms with Crippen molar-refractivity contribution in [2.45, 2.75) is 37.8 Å². The average Bonchev–Trinajstić information content (AvgIpc) is 2.96. The van der Waals surface area contributed by atoms with Crippen LogP contribution < -0.4 is 11.1 Å². The molecule has 0 bridgehead atoms. The van der Waals surface area contributed by atoms with Gasteiger partial charge in [-0.1, -0.05) is 6.07 Å². The van der Waals surface area contributed by atoms with Gasteiger partial charge in [0.1, 0.15) is 0 Å². The molecule has 100 valence electrons. The van der Waals surface area contributed by atoms with E-state index >= 15 is 0 Å². The fourth-order valence-corrected chi connectivity index (χ4v) is 2.54. The van der Waals surface area contributed by atoms with Gasteiger partial charge < -0.3 is 15.5 Å². The van der Waals surface area contributed by atoms with E-state index in [9.17, 15) is 0 Å². The lowest BCUT2D eigenvalue weighted by Crippen LogP contribution is -2.32. The number of nitrogens with two attached hydrogens (primary N) is 1. The number of aromatic nitrogens is 2. The summed E-state index contributed by atoms with van der Waals surface area (Å²) in [4.78, 5) is 0. The van der Waals surface area contributed by atoms with Gasteiger partial charge in [-0.2, -0.15) is 0 Å². The molecule has 0 unspecified atom stereocenters. The Hall–Kier alpha value is -1.88. The van der Waals surface area contributed by atoms with E-state index in [-0.39, 0.29) is 0 Å². The van der Waals surface area contributed by atoms with Crippen molar-refractivity contribution >= 4 is 5.69 Å². The lowest BCUT2D eigenvalue weighted by molar-refractivity contribution is 0.411. The number of hydrogen-bond acceptors (Lipinski definition) is 5. The van der Waals surface area contributed by atoms with Gasteiger partial charge in [-0.05, 0) is 43.9 Å². The zero-order chi connectivity index (χ0) is 13.1. The highest BCUT2D eigenvalue weighted by Crippen LogP contribution is 2.24. The zero-order valence-electron chi connectivity index (χ0n) is 10.7. The van der Waals surface area contributed by atoms with Crippen LogP contribution >= 0.6 is 0 Å². The van der Waals surface area contributed by atoms with E-state index in [0.717, 1.165) is 36.9 Å². The maximum atomic E-state index is 5.92. The van der Waals surface area contributed by atoms with Gasteiger partial charge in [0, 0.05) is 23.3 Å². The summed E-state index contributed by atoms with van der Waals surface area (Å²) in [5.41, 5.74) is 7.96. The summed E-state index contributed by atoms with van der Waals surface area (Å²) in [7, 11) is 0. The molecule has 1 aliphatic carbocycles. The van der Waals surface area contributed by atoms with Gasteiger partial charge in [0.15, 0.2) is 0 Å². The minimum absolute atomic E-state index is 0.378. The standard InChI is InChI=1S/C14H18N4O/c15-11-4-6-12(7-5-11)17-13-3-1-2-10(8-13)14-18-16-9-19-14/h1-3,8-9,11-12,17H,4-7,15H2. The quantitative estimate of drug-likeness (QED) is 0.884. The molecule has 1 aromatic carbocycles. The highest BCUT2D eigenvalue weighted by molar-refractivity contribution is 5.61. The average molecular weight is 258 g/mol. The van der Waals surface area contributed by atoms with Gasteiger partial charge in [-0.15, -0.1) is 10.2 Å². The summed E-state index contributed by atoms with van der Waals surface area (Å²) < 4.78 is 5.21. The zero-order valence-corrected chi connectivity index (χ0v) is 10.7. The van der Waals surface area contributed by atoms with Crippen LogP contribution in [0.25, 0.3) is 11.5 Å². The molecule has 5 nitrogen and oxygen atoms in total. The summed E-state index contributed by atoms with van der Waals surface area (Å²) in [5, 5.41) is 11.2. The Morgan fingerprint density at radius 3 is 2.79 bits per heavy atom. The van der Waals surface area contributed by atoms with Gasteiger partial charge in [-0.3, -0.25) is 0 Å². The second-order valence-corrected chi connectivity index (χ2v) is 5.08. The van der Waals surface area contributed by atoms with E-state index < -0.39 is 0 Å². The highest BCUT2D eigenvalue weighted by Gasteiger charge is 2.18. The second-order valence-electron chi connectivity index (χ2n) is 5.08. The molecule has 1 heterocycles. The lowest BCUT2D eigenvalue weighted by Gasteiger charge is -2.27. The first-order valence-electron chi connectivity index (χ1n) is 6.70. The molecule has 3 N–H and O–H groups in total. The van der Waals surface area contributed by atoms with Gasteiger partial charge in [-0.25, -0.2) is 0 Å². The van der Waals surface area contributed by atoms with Crippen LogP contribution in [0.4, 0.5) is 5.69 Å². The number of nitrogens with one attached hydrogen (secondary N) is 1. The van der Waals surface area contributed by atoms with Crippen molar-refractivity contribution in [2.75, 3.05) is 5.32 Å². The molecule has 19 heavy (non-hydrogen) atoms. The van der Waals surface area contributed by atoms with Crippen molar-refractivity contribution in [1.29, 1.82) is 0 Å². The second kappa shape index (κ2) is 5.40. The minimum atomic E-state index is 0.378. The first-order chi connectivity index (χ1) is 9.31. The summed E-state index contributed by atoms with van der Waals surface area (Å²) in [6.45, 7) is 0. The van der Waals surface area contributed by atoms with Crippen LogP contribution in [0.2, 0.25) is 0 Å². The van der Waals surface area contributed by atoms with Crippen molar-refractivity contribution in [1.82, 2.24) is 10.2 Å². The Balaban J connectivity index is 1.70. The van der Waals surface area contributed by atoms with Crippen molar-refractivity contribution in [3.05, 3.63) is 30.7 Å². The molecule has 0 radical (unpaired) electrons. The van der Waals surface area contributed by atoms with Gasteiger partial charge in [0.25, 0.3) is 0 Å². The van der Waals surface area contributed by atoms with Crippen molar-refractivity contribution in [3.63, 3.8) is 0 Å². The van der Waals surface area contributed by atoms with Gasteiger partial charge in [0.05, 0.1) is 0 Å². The normalized spacial score (nSPS) is 23.2. The number of rotatable bonds is 3. The minimum Gasteiger partial charge on any atom is -0.423 e. The van der Waals surface area contributed by atoms with Crippen molar-refractivity contribution in [2.24, 2.45) is 5.73 Å². The molecule has 1 saturated carbocycles. The molecular weight excluding hydrogens is 240 g/mol. The molecule has 5 heteroatoms. The predicted octanol–water partition coefficient (Wildman–Crippen LogP) is 2.42. The van der Waals surface area contributed by atoms with E-state index in [0.29, 0.717) is 18.0 Å². The van der Waals surface area contributed by atoms with E-state index in [1.54, 1.807) is 0 Å². The summed E-state index contributed by atoms with van der Waals surface area (Å²) in [6.07, 6.45) is 5.80. The largest absolute Gasteiger partial charge is 0.423 e. The van der Waals surface area contributed by atoms with Gasteiger partial charge in [0.2, 0.25) is 12.3 Å². The van der Waals surface area contributed by atoms with Crippen LogP contribution in [0.1, 0.15) is 25.7 Å². The molecule has 2 aromatic rings. The number of hydrogen-bond donors (Lipinski definition) is 2. The maximum absolute atomic E-state index is 5.92. The SMILES string of the molecule is NC1CCC(Nc2cccc(-c3nnco3)c2)CC1. The summed E-state index contributed by atoms with van der Waals surface area (Å²) >= 11 is 0.